The van der Waals surface area contributed by atoms with E-state index in [0.717, 1.165) is 38.9 Å². The molecule has 0 saturated carbocycles. The number of imidazole rings is 1. The fourth-order valence-corrected chi connectivity index (χ4v) is 4.85. The van der Waals surface area contributed by atoms with E-state index in [1.807, 2.05) is 60.1 Å². The molecule has 6 rings (SSSR count). The van der Waals surface area contributed by atoms with E-state index in [0.29, 0.717) is 15.8 Å². The highest BCUT2D eigenvalue weighted by molar-refractivity contribution is 6.31. The van der Waals surface area contributed by atoms with Crippen molar-refractivity contribution in [3.05, 3.63) is 106 Å². The zero-order valence-electron chi connectivity index (χ0n) is 18.5. The topological polar surface area (TPSA) is 99.8 Å². The summed E-state index contributed by atoms with van der Waals surface area (Å²) in [5, 5.41) is 14.2. The molecule has 2 aromatic carbocycles. The van der Waals surface area contributed by atoms with E-state index in [-0.39, 0.29) is 0 Å². The van der Waals surface area contributed by atoms with Crippen LogP contribution in [0.15, 0.2) is 79.4 Å². The summed E-state index contributed by atoms with van der Waals surface area (Å²) in [7, 11) is 1.91. The Bertz CT molecular complexity index is 1710. The van der Waals surface area contributed by atoms with Crippen LogP contribution in [0.5, 0.6) is 0 Å². The second-order valence-electron chi connectivity index (χ2n) is 8.32. The number of aryl methyl sites for hydroxylation is 1. The summed E-state index contributed by atoms with van der Waals surface area (Å²) in [6, 6.07) is 19.3. The zero-order valence-corrected chi connectivity index (χ0v) is 20.0. The van der Waals surface area contributed by atoms with Crippen LogP contribution < -0.4 is 5.73 Å². The fraction of sp³-hybridized carbons (Fsp3) is 0.0800. The monoisotopic (exact) mass is 500 g/mol. The summed E-state index contributed by atoms with van der Waals surface area (Å²) < 4.78 is 3.61. The summed E-state index contributed by atoms with van der Waals surface area (Å²) in [6.45, 7) is 0. The van der Waals surface area contributed by atoms with Gasteiger partial charge in [-0.1, -0.05) is 47.5 Å². The molecule has 6 aromatic rings. The Morgan fingerprint density at radius 3 is 2.54 bits per heavy atom. The smallest absolute Gasteiger partial charge is 0.180 e. The molecular weight excluding hydrogens is 483 g/mol. The lowest BCUT2D eigenvalue weighted by molar-refractivity contribution is 0.594. The molecule has 0 aliphatic heterocycles. The molecule has 0 bridgehead atoms. The van der Waals surface area contributed by atoms with Crippen LogP contribution >= 0.6 is 23.2 Å². The third kappa shape index (κ3) is 3.46. The van der Waals surface area contributed by atoms with Crippen LogP contribution in [0.4, 0.5) is 0 Å². The van der Waals surface area contributed by atoms with Gasteiger partial charge in [-0.2, -0.15) is 4.52 Å². The van der Waals surface area contributed by atoms with Gasteiger partial charge < -0.3 is 10.3 Å². The van der Waals surface area contributed by atoms with E-state index in [9.17, 15) is 0 Å². The molecule has 0 fully saturated rings. The van der Waals surface area contributed by atoms with Crippen molar-refractivity contribution in [2.45, 2.75) is 5.54 Å². The molecule has 0 amide bonds. The number of nitrogens with two attached hydrogens (primary N) is 1. The second-order valence-corrected chi connectivity index (χ2v) is 9.14. The zero-order chi connectivity index (χ0) is 24.2. The molecule has 172 valence electrons. The van der Waals surface area contributed by atoms with Gasteiger partial charge in [0.1, 0.15) is 10.7 Å². The molecule has 4 heterocycles. The van der Waals surface area contributed by atoms with Gasteiger partial charge in [-0.25, -0.2) is 9.97 Å². The Morgan fingerprint density at radius 2 is 1.80 bits per heavy atom. The number of benzene rings is 2. The summed E-state index contributed by atoms with van der Waals surface area (Å²) in [4.78, 5) is 8.61. The highest BCUT2D eigenvalue weighted by atomic mass is 35.5. The number of rotatable bonds is 4. The predicted octanol–water partition coefficient (Wildman–Crippen LogP) is 4.63. The Morgan fingerprint density at radius 1 is 0.943 bits per heavy atom. The molecule has 0 aliphatic rings. The minimum atomic E-state index is -1.06. The second kappa shape index (κ2) is 8.13. The van der Waals surface area contributed by atoms with E-state index in [4.69, 9.17) is 28.9 Å². The normalized spacial score (nSPS) is 13.4. The summed E-state index contributed by atoms with van der Waals surface area (Å²) >= 11 is 12.4. The maximum absolute atomic E-state index is 7.24. The SMILES string of the molecule is Cn1cncc1C(N)(c1ccc(Cl)nc1)c1ccc2c(c1)c(-c1cccc(Cl)c1)cc1nnnn12. The quantitative estimate of drug-likeness (QED) is 0.354. The lowest BCUT2D eigenvalue weighted by Crippen LogP contribution is -2.41. The molecule has 35 heavy (non-hydrogen) atoms. The van der Waals surface area contributed by atoms with Crippen molar-refractivity contribution in [1.29, 1.82) is 0 Å². The van der Waals surface area contributed by atoms with Crippen molar-refractivity contribution in [1.82, 2.24) is 34.6 Å². The number of hydrogen-bond acceptors (Lipinski definition) is 6. The molecule has 1 unspecified atom stereocenters. The van der Waals surface area contributed by atoms with E-state index in [1.54, 1.807) is 29.3 Å². The largest absolute Gasteiger partial charge is 0.336 e. The predicted molar refractivity (Wildman–Crippen MR) is 135 cm³/mol. The summed E-state index contributed by atoms with van der Waals surface area (Å²) in [5.41, 5.74) is 12.0. The molecule has 0 spiro atoms. The first-order valence-corrected chi connectivity index (χ1v) is 11.5. The van der Waals surface area contributed by atoms with Crippen molar-refractivity contribution in [3.8, 4) is 11.1 Å². The van der Waals surface area contributed by atoms with Gasteiger partial charge in [-0.3, -0.25) is 0 Å². The van der Waals surface area contributed by atoms with Gasteiger partial charge in [0.15, 0.2) is 5.65 Å². The maximum atomic E-state index is 7.24. The first-order valence-electron chi connectivity index (χ1n) is 10.7. The van der Waals surface area contributed by atoms with Crippen molar-refractivity contribution >= 4 is 39.8 Å². The van der Waals surface area contributed by atoms with Crippen LogP contribution in [0.25, 0.3) is 27.7 Å². The fourth-order valence-electron chi connectivity index (χ4n) is 4.55. The average molecular weight is 501 g/mol. The van der Waals surface area contributed by atoms with Gasteiger partial charge in [0.05, 0.1) is 23.7 Å². The Kier molecular flexibility index (Phi) is 5.03. The highest BCUT2D eigenvalue weighted by Crippen LogP contribution is 2.38. The number of hydrogen-bond donors (Lipinski definition) is 1. The third-order valence-corrected chi connectivity index (χ3v) is 6.74. The first kappa shape index (κ1) is 21.7. The number of pyridine rings is 2. The van der Waals surface area contributed by atoms with Gasteiger partial charge in [0.25, 0.3) is 0 Å². The van der Waals surface area contributed by atoms with E-state index in [2.05, 4.69) is 31.6 Å². The number of halogens is 2. The van der Waals surface area contributed by atoms with Crippen LogP contribution in [0, 0.1) is 0 Å². The number of fused-ring (bicyclic) bond motifs is 3. The number of aromatic nitrogens is 7. The Balaban J connectivity index is 1.68. The van der Waals surface area contributed by atoms with Crippen LogP contribution in [0.1, 0.15) is 16.8 Å². The van der Waals surface area contributed by atoms with Crippen molar-refractivity contribution < 1.29 is 0 Å². The molecule has 0 saturated heterocycles. The molecule has 1 atom stereocenters. The van der Waals surface area contributed by atoms with Crippen molar-refractivity contribution in [2.75, 3.05) is 0 Å². The van der Waals surface area contributed by atoms with Crippen molar-refractivity contribution in [3.63, 3.8) is 0 Å². The summed E-state index contributed by atoms with van der Waals surface area (Å²) in [6.07, 6.45) is 5.19. The number of nitrogens with zero attached hydrogens (tertiary/aromatic N) is 7. The van der Waals surface area contributed by atoms with Crippen LogP contribution in [0.3, 0.4) is 0 Å². The number of tetrazole rings is 1. The highest BCUT2D eigenvalue weighted by Gasteiger charge is 2.35. The maximum Gasteiger partial charge on any atom is 0.180 e. The molecule has 0 radical (unpaired) electrons. The third-order valence-electron chi connectivity index (χ3n) is 6.28. The van der Waals surface area contributed by atoms with Crippen LogP contribution in [0.2, 0.25) is 10.2 Å². The first-order chi connectivity index (χ1) is 16.9. The average Bonchev–Trinajstić information content (AvgIpc) is 3.52. The molecule has 0 aliphatic carbocycles. The Labute approximate surface area is 210 Å². The molecule has 10 heteroatoms. The summed E-state index contributed by atoms with van der Waals surface area (Å²) in [5.74, 6) is 0. The van der Waals surface area contributed by atoms with E-state index >= 15 is 0 Å². The lowest BCUT2D eigenvalue weighted by Gasteiger charge is -2.31. The van der Waals surface area contributed by atoms with E-state index in [1.165, 1.54) is 0 Å². The van der Waals surface area contributed by atoms with Gasteiger partial charge in [-0.15, -0.1) is 5.10 Å². The Hall–Kier alpha value is -3.85. The van der Waals surface area contributed by atoms with Crippen LogP contribution in [-0.4, -0.2) is 34.6 Å². The van der Waals surface area contributed by atoms with Gasteiger partial charge in [0, 0.05) is 29.2 Å². The van der Waals surface area contributed by atoms with Crippen molar-refractivity contribution in [2.24, 2.45) is 12.8 Å². The minimum Gasteiger partial charge on any atom is -0.336 e. The van der Waals surface area contributed by atoms with E-state index < -0.39 is 5.54 Å². The van der Waals surface area contributed by atoms with Crippen LogP contribution in [-0.2, 0) is 12.6 Å². The molecular formula is C25H18Cl2N8. The lowest BCUT2D eigenvalue weighted by atomic mass is 9.81. The van der Waals surface area contributed by atoms with Gasteiger partial charge >= 0.3 is 0 Å². The molecule has 8 nitrogen and oxygen atoms in total. The van der Waals surface area contributed by atoms with Gasteiger partial charge in [-0.05, 0) is 63.5 Å². The van der Waals surface area contributed by atoms with Gasteiger partial charge in [0.2, 0.25) is 0 Å². The minimum absolute atomic E-state index is 0.393. The molecule has 4 aromatic heterocycles. The standard InChI is InChI=1S/C25H18Cl2N8/c1-34-14-29-13-22(34)25(28,17-6-8-23(27)30-12-17)16-5-7-21-20(10-16)19(11-24-31-32-33-35(21)24)15-3-2-4-18(26)9-15/h2-14H,28H2,1H3. The molecule has 2 N–H and O–H groups in total.